The van der Waals surface area contributed by atoms with Crippen molar-refractivity contribution in [3.8, 4) is 0 Å². The minimum Gasteiger partial charge on any atom is -0.381 e. The van der Waals surface area contributed by atoms with Crippen molar-refractivity contribution in [2.24, 2.45) is 0 Å². The molecule has 0 saturated carbocycles. The smallest absolute Gasteiger partial charge is 0.251 e. The molecule has 2 rings (SSSR count). The zero-order chi connectivity index (χ0) is 15.2. The summed E-state index contributed by atoms with van der Waals surface area (Å²) in [6.07, 6.45) is 0. The molecule has 1 amide bonds. The number of nitrogens with one attached hydrogen (secondary N) is 2. The van der Waals surface area contributed by atoms with E-state index < -0.39 is 0 Å². The van der Waals surface area contributed by atoms with Crippen LogP contribution >= 0.6 is 11.6 Å². The molecule has 0 atom stereocenters. The molecule has 2 aromatic carbocycles. The van der Waals surface area contributed by atoms with Crippen LogP contribution in [0.4, 0.5) is 5.69 Å². The van der Waals surface area contributed by atoms with E-state index in [-0.39, 0.29) is 5.91 Å². The van der Waals surface area contributed by atoms with Gasteiger partial charge < -0.3 is 10.6 Å². The van der Waals surface area contributed by atoms with E-state index in [9.17, 15) is 4.79 Å². The zero-order valence-corrected chi connectivity index (χ0v) is 13.0. The Bertz CT molecular complexity index is 640. The lowest BCUT2D eigenvalue weighted by Gasteiger charge is -2.12. The molecule has 110 valence electrons. The molecule has 0 aliphatic heterocycles. The minimum atomic E-state index is -0.0525. The second kappa shape index (κ2) is 7.14. The van der Waals surface area contributed by atoms with E-state index in [1.807, 2.05) is 56.3 Å². The molecule has 0 spiro atoms. The van der Waals surface area contributed by atoms with Crippen LogP contribution in [0.25, 0.3) is 0 Å². The number of hydrogen-bond acceptors (Lipinski definition) is 2. The van der Waals surface area contributed by atoms with Crippen molar-refractivity contribution in [1.82, 2.24) is 5.32 Å². The summed E-state index contributed by atoms with van der Waals surface area (Å²) in [5.41, 5.74) is 3.82. The standard InChI is InChI=1S/C17H19ClN2O/c1-3-19-17(21)14-8-7-12(2)16(10-14)20-11-13-5-4-6-15(18)9-13/h4-10,20H,3,11H2,1-2H3,(H,19,21). The van der Waals surface area contributed by atoms with E-state index >= 15 is 0 Å². The highest BCUT2D eigenvalue weighted by atomic mass is 35.5. The summed E-state index contributed by atoms with van der Waals surface area (Å²) < 4.78 is 0. The largest absolute Gasteiger partial charge is 0.381 e. The highest BCUT2D eigenvalue weighted by molar-refractivity contribution is 6.30. The highest BCUT2D eigenvalue weighted by Gasteiger charge is 2.07. The van der Waals surface area contributed by atoms with Gasteiger partial charge in [-0.05, 0) is 49.2 Å². The lowest BCUT2D eigenvalue weighted by atomic mass is 10.1. The van der Waals surface area contributed by atoms with Crippen LogP contribution in [-0.4, -0.2) is 12.5 Å². The molecule has 0 heterocycles. The van der Waals surface area contributed by atoms with E-state index in [0.29, 0.717) is 18.7 Å². The first-order valence-corrected chi connectivity index (χ1v) is 7.35. The van der Waals surface area contributed by atoms with Gasteiger partial charge in [-0.3, -0.25) is 4.79 Å². The Morgan fingerprint density at radius 3 is 2.71 bits per heavy atom. The van der Waals surface area contributed by atoms with Crippen molar-refractivity contribution < 1.29 is 4.79 Å². The Labute approximate surface area is 130 Å². The summed E-state index contributed by atoms with van der Waals surface area (Å²) in [4.78, 5) is 11.9. The fraction of sp³-hybridized carbons (Fsp3) is 0.235. The van der Waals surface area contributed by atoms with Crippen molar-refractivity contribution in [3.05, 3.63) is 64.2 Å². The second-order valence-electron chi connectivity index (χ2n) is 4.87. The third-order valence-corrected chi connectivity index (χ3v) is 3.44. The van der Waals surface area contributed by atoms with Crippen LogP contribution in [0.1, 0.15) is 28.4 Å². The van der Waals surface area contributed by atoms with Gasteiger partial charge >= 0.3 is 0 Å². The summed E-state index contributed by atoms with van der Waals surface area (Å²) >= 11 is 5.98. The van der Waals surface area contributed by atoms with E-state index in [4.69, 9.17) is 11.6 Å². The lowest BCUT2D eigenvalue weighted by Crippen LogP contribution is -2.22. The molecule has 3 nitrogen and oxygen atoms in total. The van der Waals surface area contributed by atoms with Crippen LogP contribution in [0, 0.1) is 6.92 Å². The van der Waals surface area contributed by atoms with Gasteiger partial charge in [0.1, 0.15) is 0 Å². The van der Waals surface area contributed by atoms with Crippen molar-refractivity contribution >= 4 is 23.2 Å². The number of aryl methyl sites for hydroxylation is 1. The van der Waals surface area contributed by atoms with Gasteiger partial charge in [0.2, 0.25) is 0 Å². The fourth-order valence-corrected chi connectivity index (χ4v) is 2.27. The van der Waals surface area contributed by atoms with Gasteiger partial charge in [-0.15, -0.1) is 0 Å². The molecule has 21 heavy (non-hydrogen) atoms. The molecule has 2 N–H and O–H groups in total. The monoisotopic (exact) mass is 302 g/mol. The molecule has 2 aromatic rings. The third-order valence-electron chi connectivity index (χ3n) is 3.21. The number of halogens is 1. The van der Waals surface area contributed by atoms with Gasteiger partial charge in [-0.25, -0.2) is 0 Å². The van der Waals surface area contributed by atoms with Crippen molar-refractivity contribution in [2.45, 2.75) is 20.4 Å². The molecular formula is C17H19ClN2O. The molecule has 0 fully saturated rings. The van der Waals surface area contributed by atoms with Crippen LogP contribution in [-0.2, 0) is 6.54 Å². The maximum Gasteiger partial charge on any atom is 0.251 e. The summed E-state index contributed by atoms with van der Waals surface area (Å²) in [6, 6.07) is 13.4. The number of carbonyl (C=O) groups is 1. The van der Waals surface area contributed by atoms with Crippen LogP contribution in [0.5, 0.6) is 0 Å². The SMILES string of the molecule is CCNC(=O)c1ccc(C)c(NCc2cccc(Cl)c2)c1. The predicted molar refractivity (Wildman–Crippen MR) is 88.0 cm³/mol. The summed E-state index contributed by atoms with van der Waals surface area (Å²) in [6.45, 7) is 5.21. The number of benzene rings is 2. The van der Waals surface area contributed by atoms with Gasteiger partial charge in [-0.2, -0.15) is 0 Å². The highest BCUT2D eigenvalue weighted by Crippen LogP contribution is 2.19. The van der Waals surface area contributed by atoms with Gasteiger partial charge in [0.05, 0.1) is 0 Å². The number of hydrogen-bond donors (Lipinski definition) is 2. The first kappa shape index (κ1) is 15.4. The Hall–Kier alpha value is -2.00. The predicted octanol–water partition coefficient (Wildman–Crippen LogP) is 4.01. The number of anilines is 1. The normalized spacial score (nSPS) is 10.2. The first-order valence-electron chi connectivity index (χ1n) is 6.97. The number of carbonyl (C=O) groups excluding carboxylic acids is 1. The molecule has 0 saturated heterocycles. The Kier molecular flexibility index (Phi) is 5.23. The number of amides is 1. The maximum atomic E-state index is 11.9. The van der Waals surface area contributed by atoms with Crippen molar-refractivity contribution in [2.75, 3.05) is 11.9 Å². The van der Waals surface area contributed by atoms with Gasteiger partial charge in [0.15, 0.2) is 0 Å². The molecule has 0 bridgehead atoms. The quantitative estimate of drug-likeness (QED) is 0.876. The summed E-state index contributed by atoms with van der Waals surface area (Å²) in [5, 5.41) is 6.88. The van der Waals surface area contributed by atoms with Crippen molar-refractivity contribution in [1.29, 1.82) is 0 Å². The minimum absolute atomic E-state index is 0.0525. The van der Waals surface area contributed by atoms with E-state index in [1.54, 1.807) is 0 Å². The lowest BCUT2D eigenvalue weighted by molar-refractivity contribution is 0.0956. The van der Waals surface area contributed by atoms with Gasteiger partial charge in [0.25, 0.3) is 5.91 Å². The zero-order valence-electron chi connectivity index (χ0n) is 12.2. The topological polar surface area (TPSA) is 41.1 Å². The molecule has 0 aliphatic carbocycles. The summed E-state index contributed by atoms with van der Waals surface area (Å²) in [5.74, 6) is -0.0525. The van der Waals surface area contributed by atoms with Crippen molar-refractivity contribution in [3.63, 3.8) is 0 Å². The van der Waals surface area contributed by atoms with Crippen LogP contribution in [0.15, 0.2) is 42.5 Å². The second-order valence-corrected chi connectivity index (χ2v) is 5.31. The molecule has 0 unspecified atom stereocenters. The van der Waals surface area contributed by atoms with E-state index in [1.165, 1.54) is 0 Å². The van der Waals surface area contributed by atoms with Gasteiger partial charge in [0, 0.05) is 29.4 Å². The van der Waals surface area contributed by atoms with E-state index in [0.717, 1.165) is 21.8 Å². The molecular weight excluding hydrogens is 284 g/mol. The van der Waals surface area contributed by atoms with Crippen LogP contribution in [0.3, 0.4) is 0 Å². The Morgan fingerprint density at radius 1 is 1.19 bits per heavy atom. The third kappa shape index (κ3) is 4.23. The summed E-state index contributed by atoms with van der Waals surface area (Å²) in [7, 11) is 0. The van der Waals surface area contributed by atoms with Crippen LogP contribution < -0.4 is 10.6 Å². The first-order chi connectivity index (χ1) is 10.1. The van der Waals surface area contributed by atoms with Crippen LogP contribution in [0.2, 0.25) is 5.02 Å². The molecule has 0 aromatic heterocycles. The molecule has 4 heteroatoms. The van der Waals surface area contributed by atoms with Gasteiger partial charge in [-0.1, -0.05) is 29.8 Å². The average Bonchev–Trinajstić information content (AvgIpc) is 2.46. The average molecular weight is 303 g/mol. The molecule has 0 radical (unpaired) electrons. The Morgan fingerprint density at radius 2 is 2.00 bits per heavy atom. The Balaban J connectivity index is 2.12. The van der Waals surface area contributed by atoms with E-state index in [2.05, 4.69) is 10.6 Å². The molecule has 0 aliphatic rings. The number of rotatable bonds is 5. The maximum absolute atomic E-state index is 11.9. The fourth-order valence-electron chi connectivity index (χ4n) is 2.06.